The molecule has 4 rings (SSSR count). The van der Waals surface area contributed by atoms with Gasteiger partial charge in [0.05, 0.1) is 0 Å². The highest BCUT2D eigenvalue weighted by molar-refractivity contribution is 5.84. The number of para-hydroxylation sites is 1. The second kappa shape index (κ2) is 11.6. The second-order valence-electron chi connectivity index (χ2n) is 7.52. The molecule has 0 saturated heterocycles. The SMILES string of the molecule is CCC(C)C.Cc1ccc2cccc(O)c2n1.Oc1ccc(-c2ccccc2)cc1. The molecule has 0 atom stereocenters. The molecule has 30 heavy (non-hydrogen) atoms. The number of aryl methyl sites for hydroxylation is 1. The normalized spacial score (nSPS) is 10.0. The van der Waals surface area contributed by atoms with Crippen molar-refractivity contribution in [3.05, 3.63) is 90.6 Å². The maximum absolute atomic E-state index is 9.43. The van der Waals surface area contributed by atoms with E-state index in [1.807, 2.05) is 73.7 Å². The van der Waals surface area contributed by atoms with E-state index in [1.165, 1.54) is 12.0 Å². The highest BCUT2D eigenvalue weighted by Gasteiger charge is 1.99. The number of nitrogens with zero attached hydrogens (tertiary/aromatic N) is 1. The number of benzene rings is 3. The van der Waals surface area contributed by atoms with Gasteiger partial charge in [-0.05, 0) is 48.2 Å². The van der Waals surface area contributed by atoms with Crippen LogP contribution in [0.15, 0.2) is 84.9 Å². The summed E-state index contributed by atoms with van der Waals surface area (Å²) in [5.74, 6) is 1.44. The zero-order valence-electron chi connectivity index (χ0n) is 18.2. The predicted molar refractivity (Wildman–Crippen MR) is 127 cm³/mol. The van der Waals surface area contributed by atoms with E-state index < -0.39 is 0 Å². The Morgan fingerprint density at radius 2 is 1.33 bits per heavy atom. The minimum Gasteiger partial charge on any atom is -0.508 e. The summed E-state index contributed by atoms with van der Waals surface area (Å²) < 4.78 is 0. The summed E-state index contributed by atoms with van der Waals surface area (Å²) in [6, 6.07) is 26.6. The van der Waals surface area contributed by atoms with E-state index in [9.17, 15) is 5.11 Å². The Balaban J connectivity index is 0.000000176. The number of phenolic OH excluding ortho intramolecular Hbond substituents is 2. The molecule has 0 aliphatic rings. The number of pyridine rings is 1. The molecule has 156 valence electrons. The van der Waals surface area contributed by atoms with Crippen molar-refractivity contribution in [2.75, 3.05) is 0 Å². The first-order valence-corrected chi connectivity index (χ1v) is 10.3. The molecule has 0 spiro atoms. The van der Waals surface area contributed by atoms with Crippen molar-refractivity contribution in [3.63, 3.8) is 0 Å². The average Bonchev–Trinajstić information content (AvgIpc) is 2.76. The molecule has 0 saturated carbocycles. The first kappa shape index (κ1) is 23.0. The van der Waals surface area contributed by atoms with E-state index in [4.69, 9.17) is 5.11 Å². The number of phenols is 2. The molecule has 0 radical (unpaired) electrons. The lowest BCUT2D eigenvalue weighted by atomic mass is 10.1. The Bertz CT molecular complexity index is 1030. The maximum Gasteiger partial charge on any atom is 0.141 e. The summed E-state index contributed by atoms with van der Waals surface area (Å²) in [7, 11) is 0. The van der Waals surface area contributed by atoms with E-state index in [0.717, 1.165) is 22.6 Å². The van der Waals surface area contributed by atoms with Crippen LogP contribution in [0.1, 0.15) is 32.9 Å². The maximum atomic E-state index is 9.43. The van der Waals surface area contributed by atoms with Crippen LogP contribution >= 0.6 is 0 Å². The van der Waals surface area contributed by atoms with E-state index in [1.54, 1.807) is 18.2 Å². The molecule has 0 bridgehead atoms. The van der Waals surface area contributed by atoms with Crippen molar-refractivity contribution in [3.8, 4) is 22.6 Å². The molecule has 0 amide bonds. The van der Waals surface area contributed by atoms with Gasteiger partial charge in [0.15, 0.2) is 0 Å². The molecule has 3 aromatic carbocycles. The Kier molecular flexibility index (Phi) is 8.89. The molecule has 3 nitrogen and oxygen atoms in total. The largest absolute Gasteiger partial charge is 0.508 e. The van der Waals surface area contributed by atoms with Crippen molar-refractivity contribution in [1.29, 1.82) is 0 Å². The lowest BCUT2D eigenvalue weighted by Gasteiger charge is -2.00. The van der Waals surface area contributed by atoms with Crippen LogP contribution in [0.5, 0.6) is 11.5 Å². The first-order valence-electron chi connectivity index (χ1n) is 10.3. The molecule has 0 unspecified atom stereocenters. The van der Waals surface area contributed by atoms with Crippen LogP contribution in [0.3, 0.4) is 0 Å². The molecular weight excluding hydrogens is 370 g/mol. The van der Waals surface area contributed by atoms with Crippen molar-refractivity contribution in [1.82, 2.24) is 4.98 Å². The monoisotopic (exact) mass is 401 g/mol. The Hall–Kier alpha value is -3.33. The lowest BCUT2D eigenvalue weighted by molar-refractivity contribution is 0.475. The van der Waals surface area contributed by atoms with Gasteiger partial charge in [0.2, 0.25) is 0 Å². The summed E-state index contributed by atoms with van der Waals surface area (Å²) in [5, 5.41) is 19.5. The minimum absolute atomic E-state index is 0.246. The molecule has 0 aliphatic carbocycles. The van der Waals surface area contributed by atoms with Gasteiger partial charge in [-0.15, -0.1) is 0 Å². The van der Waals surface area contributed by atoms with Gasteiger partial charge in [0.25, 0.3) is 0 Å². The van der Waals surface area contributed by atoms with Crippen molar-refractivity contribution in [2.24, 2.45) is 5.92 Å². The van der Waals surface area contributed by atoms with Crippen molar-refractivity contribution < 1.29 is 10.2 Å². The second-order valence-corrected chi connectivity index (χ2v) is 7.52. The van der Waals surface area contributed by atoms with Gasteiger partial charge in [-0.3, -0.25) is 0 Å². The van der Waals surface area contributed by atoms with Crippen LogP contribution in [0.4, 0.5) is 0 Å². The van der Waals surface area contributed by atoms with Gasteiger partial charge in [0.1, 0.15) is 17.0 Å². The van der Waals surface area contributed by atoms with Gasteiger partial charge in [-0.25, -0.2) is 4.98 Å². The molecule has 0 fully saturated rings. The topological polar surface area (TPSA) is 53.4 Å². The minimum atomic E-state index is 0.246. The number of fused-ring (bicyclic) bond motifs is 1. The summed E-state index contributed by atoms with van der Waals surface area (Å²) in [6.45, 7) is 8.55. The number of hydrogen-bond acceptors (Lipinski definition) is 3. The highest BCUT2D eigenvalue weighted by atomic mass is 16.3. The van der Waals surface area contributed by atoms with Crippen LogP contribution in [0.25, 0.3) is 22.0 Å². The number of hydrogen-bond donors (Lipinski definition) is 2. The third-order valence-corrected chi connectivity index (χ3v) is 4.63. The molecule has 1 heterocycles. The third-order valence-electron chi connectivity index (χ3n) is 4.63. The molecule has 0 aliphatic heterocycles. The van der Waals surface area contributed by atoms with E-state index >= 15 is 0 Å². The first-order chi connectivity index (χ1) is 14.4. The van der Waals surface area contributed by atoms with Crippen LogP contribution in [0.2, 0.25) is 0 Å². The fraction of sp³-hybridized carbons (Fsp3) is 0.222. The zero-order valence-corrected chi connectivity index (χ0v) is 18.2. The zero-order chi connectivity index (χ0) is 21.9. The fourth-order valence-electron chi connectivity index (χ4n) is 2.51. The average molecular weight is 402 g/mol. The standard InChI is InChI=1S/C12H10O.C10H9NO.C5H12/c13-12-8-6-11(7-9-12)10-4-2-1-3-5-10;1-7-5-6-8-3-2-4-9(12)10(8)11-7;1-4-5(2)3/h1-9,13H;2-6,12H,1H3;5H,4H2,1-3H3. The van der Waals surface area contributed by atoms with Gasteiger partial charge in [-0.2, -0.15) is 0 Å². The molecule has 4 aromatic rings. The molecule has 3 heteroatoms. The fourth-order valence-corrected chi connectivity index (χ4v) is 2.51. The lowest BCUT2D eigenvalue weighted by Crippen LogP contribution is -1.82. The van der Waals surface area contributed by atoms with Crippen LogP contribution < -0.4 is 0 Å². The summed E-state index contributed by atoms with van der Waals surface area (Å²) in [4.78, 5) is 4.23. The quantitative estimate of drug-likeness (QED) is 0.369. The smallest absolute Gasteiger partial charge is 0.141 e. The van der Waals surface area contributed by atoms with Gasteiger partial charge < -0.3 is 10.2 Å². The Labute approximate surface area is 179 Å². The Morgan fingerprint density at radius 3 is 1.93 bits per heavy atom. The highest BCUT2D eigenvalue weighted by Crippen LogP contribution is 2.22. The number of rotatable bonds is 2. The summed E-state index contributed by atoms with van der Waals surface area (Å²) in [6.07, 6.45) is 1.31. The van der Waals surface area contributed by atoms with Crippen LogP contribution in [-0.4, -0.2) is 15.2 Å². The van der Waals surface area contributed by atoms with Gasteiger partial charge in [-0.1, -0.05) is 87.9 Å². The third kappa shape index (κ3) is 7.25. The molecule has 2 N–H and O–H groups in total. The van der Waals surface area contributed by atoms with Crippen LogP contribution in [-0.2, 0) is 0 Å². The van der Waals surface area contributed by atoms with Gasteiger partial charge >= 0.3 is 0 Å². The predicted octanol–water partition coefficient (Wildman–Crippen LogP) is 7.36. The summed E-state index contributed by atoms with van der Waals surface area (Å²) >= 11 is 0. The van der Waals surface area contributed by atoms with E-state index in [2.05, 4.69) is 25.8 Å². The Morgan fingerprint density at radius 1 is 0.733 bits per heavy atom. The number of aromatic hydroxyl groups is 2. The van der Waals surface area contributed by atoms with Crippen LogP contribution in [0, 0.1) is 12.8 Å². The van der Waals surface area contributed by atoms with E-state index in [-0.39, 0.29) is 5.75 Å². The molecule has 1 aromatic heterocycles. The van der Waals surface area contributed by atoms with Crippen molar-refractivity contribution >= 4 is 10.9 Å². The molecular formula is C27H31NO2. The summed E-state index contributed by atoms with van der Waals surface area (Å²) in [5.41, 5.74) is 3.89. The van der Waals surface area contributed by atoms with Gasteiger partial charge in [0, 0.05) is 11.1 Å². The number of aromatic nitrogens is 1. The van der Waals surface area contributed by atoms with E-state index in [0.29, 0.717) is 11.3 Å². The van der Waals surface area contributed by atoms with Crippen molar-refractivity contribution in [2.45, 2.75) is 34.1 Å².